The maximum atomic E-state index is 13.5. The fraction of sp³-hybridized carbons (Fsp3) is 0.467. The Morgan fingerprint density at radius 3 is 2.27 bits per heavy atom. The highest BCUT2D eigenvalue weighted by atomic mass is 79.9. The van der Waals surface area contributed by atoms with Crippen molar-refractivity contribution in [3.63, 3.8) is 0 Å². The van der Waals surface area contributed by atoms with Gasteiger partial charge in [0.05, 0.1) is 38.8 Å². The fourth-order valence-electron chi connectivity index (χ4n) is 6.24. The van der Waals surface area contributed by atoms with Crippen LogP contribution < -0.4 is 21.7 Å². The van der Waals surface area contributed by atoms with Gasteiger partial charge in [0, 0.05) is 42.4 Å². The molecule has 0 saturated carbocycles. The van der Waals surface area contributed by atoms with E-state index < -0.39 is 11.6 Å². The molecule has 0 aliphatic carbocycles. The summed E-state index contributed by atoms with van der Waals surface area (Å²) in [5.74, 6) is -0.0934. The number of hydrogen-bond acceptors (Lipinski definition) is 8. The molecule has 40 heavy (non-hydrogen) atoms. The Balaban J connectivity index is 0.00000370. The predicted octanol–water partition coefficient (Wildman–Crippen LogP) is 2.26. The van der Waals surface area contributed by atoms with E-state index in [2.05, 4.69) is 19.2 Å². The Bertz CT molecular complexity index is 1220. The number of halogens is 1. The largest absolute Gasteiger partial charge is 1.00 e. The van der Waals surface area contributed by atoms with Crippen molar-refractivity contribution < 1.29 is 50.4 Å². The minimum atomic E-state index is -1.79. The average Bonchev–Trinajstić information content (AvgIpc) is 3.66. The number of piperidine rings is 1. The van der Waals surface area contributed by atoms with E-state index in [0.29, 0.717) is 29.8 Å². The minimum absolute atomic E-state index is 0. The molecule has 216 valence electrons. The molecule has 4 atom stereocenters. The lowest BCUT2D eigenvalue weighted by Crippen LogP contribution is -3.00. The number of aliphatic hydroxyl groups is 1. The molecule has 1 unspecified atom stereocenters. The molecule has 2 aliphatic heterocycles. The first-order chi connectivity index (χ1) is 18.8. The second-order valence-corrected chi connectivity index (χ2v) is 12.2. The molecule has 0 radical (unpaired) electrons. The van der Waals surface area contributed by atoms with E-state index in [-0.39, 0.29) is 42.1 Å². The van der Waals surface area contributed by atoms with Gasteiger partial charge in [0.25, 0.3) is 0 Å². The second-order valence-electron chi connectivity index (χ2n) is 10.7. The van der Waals surface area contributed by atoms with Gasteiger partial charge in [-0.3, -0.25) is 4.79 Å². The molecule has 5 rings (SSSR count). The first-order valence-electron chi connectivity index (χ1n) is 13.5. The van der Waals surface area contributed by atoms with Crippen LogP contribution >= 0.6 is 22.7 Å². The van der Waals surface area contributed by atoms with Crippen LogP contribution in [0.2, 0.25) is 0 Å². The minimum Gasteiger partial charge on any atom is -1.00 e. The smallest absolute Gasteiger partial charge is 0.348 e. The third kappa shape index (κ3) is 6.31. The molecule has 2 aromatic heterocycles. The molecule has 3 aromatic rings. The standard InChI is InChI=1S/C30H36NO6S2.BrH/c1-3-35-28(32)9-12-36-26-6-4-5-21(15-26)18-31(2)24-7-8-25(31)17-27(16-24)37-29(33)30(34,22-10-13-38-19-22)23-11-14-39-20-23;/h4-6,10-11,13-15,19-20,24-25,27,34H,3,7-9,12,16-18H2,1-2H3;1H/q+1;/p-1/t24-,25+,27-,31?;. The molecule has 2 fully saturated rings. The summed E-state index contributed by atoms with van der Waals surface area (Å²) in [4.78, 5) is 25.1. The highest BCUT2D eigenvalue weighted by Crippen LogP contribution is 2.44. The zero-order valence-electron chi connectivity index (χ0n) is 22.8. The molecule has 7 nitrogen and oxygen atoms in total. The van der Waals surface area contributed by atoms with Crippen LogP contribution in [0.5, 0.6) is 5.75 Å². The van der Waals surface area contributed by atoms with Gasteiger partial charge >= 0.3 is 11.9 Å². The van der Waals surface area contributed by atoms with Crippen LogP contribution in [0.1, 0.15) is 55.7 Å². The van der Waals surface area contributed by atoms with Crippen molar-refractivity contribution in [3.05, 3.63) is 74.6 Å². The number of quaternary nitrogens is 1. The summed E-state index contributed by atoms with van der Waals surface area (Å²) >= 11 is 2.90. The quantitative estimate of drug-likeness (QED) is 0.254. The molecular weight excluding hydrogens is 614 g/mol. The third-order valence-corrected chi connectivity index (χ3v) is 9.69. The number of esters is 2. The molecular formula is C30H36BrNO6S2. The molecule has 2 saturated heterocycles. The summed E-state index contributed by atoms with van der Waals surface area (Å²) in [7, 11) is 2.31. The maximum absolute atomic E-state index is 13.5. The number of ether oxygens (including phenoxy) is 3. The molecule has 2 aliphatic rings. The summed E-state index contributed by atoms with van der Waals surface area (Å²) < 4.78 is 17.8. The number of thiophene rings is 2. The van der Waals surface area contributed by atoms with E-state index in [9.17, 15) is 14.7 Å². The van der Waals surface area contributed by atoms with Gasteiger partial charge in [-0.05, 0) is 52.7 Å². The molecule has 10 heteroatoms. The average molecular weight is 651 g/mol. The lowest BCUT2D eigenvalue weighted by molar-refractivity contribution is -0.961. The maximum Gasteiger partial charge on any atom is 0.348 e. The molecule has 2 bridgehead atoms. The van der Waals surface area contributed by atoms with Crippen LogP contribution in [0, 0.1) is 0 Å². The normalized spacial score (nSPS) is 23.7. The first kappa shape index (κ1) is 30.7. The molecule has 1 aromatic carbocycles. The monoisotopic (exact) mass is 649 g/mol. The number of benzene rings is 1. The number of rotatable bonds is 11. The highest BCUT2D eigenvalue weighted by molar-refractivity contribution is 7.08. The topological polar surface area (TPSA) is 82.1 Å². The molecule has 1 N–H and O–H groups in total. The Morgan fingerprint density at radius 2 is 1.70 bits per heavy atom. The van der Waals surface area contributed by atoms with Gasteiger partial charge in [0.1, 0.15) is 18.4 Å². The van der Waals surface area contributed by atoms with Crippen molar-refractivity contribution >= 4 is 34.6 Å². The lowest BCUT2D eigenvalue weighted by atomic mass is 9.89. The summed E-state index contributed by atoms with van der Waals surface area (Å²) in [5, 5.41) is 19.0. The number of fused-ring (bicyclic) bond motifs is 2. The van der Waals surface area contributed by atoms with E-state index in [0.717, 1.165) is 42.5 Å². The molecule has 4 heterocycles. The van der Waals surface area contributed by atoms with Crippen LogP contribution in [0.25, 0.3) is 0 Å². The van der Waals surface area contributed by atoms with Crippen LogP contribution in [0.3, 0.4) is 0 Å². The zero-order chi connectivity index (χ0) is 27.5. The number of carbonyl (C=O) groups excluding carboxylic acids is 2. The van der Waals surface area contributed by atoms with E-state index in [1.807, 2.05) is 33.7 Å². The van der Waals surface area contributed by atoms with Gasteiger partial charge < -0.3 is 40.8 Å². The second kappa shape index (κ2) is 13.2. The van der Waals surface area contributed by atoms with E-state index in [1.54, 1.807) is 19.1 Å². The Kier molecular flexibility index (Phi) is 10.1. The van der Waals surface area contributed by atoms with Crippen molar-refractivity contribution in [2.75, 3.05) is 20.3 Å². The van der Waals surface area contributed by atoms with Gasteiger partial charge in [-0.1, -0.05) is 12.1 Å². The van der Waals surface area contributed by atoms with Gasteiger partial charge in [0.2, 0.25) is 5.60 Å². The van der Waals surface area contributed by atoms with Crippen molar-refractivity contribution in [3.8, 4) is 5.75 Å². The van der Waals surface area contributed by atoms with Crippen molar-refractivity contribution in [1.82, 2.24) is 0 Å². The van der Waals surface area contributed by atoms with Crippen LogP contribution in [0.15, 0.2) is 57.9 Å². The van der Waals surface area contributed by atoms with Crippen LogP contribution in [-0.2, 0) is 31.2 Å². The van der Waals surface area contributed by atoms with Gasteiger partial charge in [-0.25, -0.2) is 4.79 Å². The summed E-state index contributed by atoms with van der Waals surface area (Å²) in [5.41, 5.74) is 0.504. The van der Waals surface area contributed by atoms with E-state index in [1.165, 1.54) is 28.2 Å². The lowest BCUT2D eigenvalue weighted by Gasteiger charge is -2.47. The SMILES string of the molecule is CCOC(=O)CCOc1cccc(C[N+]2(C)[C@@H]3CC[C@H]2C[C@H](OC(=O)C(O)(c2ccsc2)c2ccsc2)C3)c1.[Br-]. The van der Waals surface area contributed by atoms with Crippen molar-refractivity contribution in [2.24, 2.45) is 0 Å². The third-order valence-electron chi connectivity index (χ3n) is 8.32. The zero-order valence-corrected chi connectivity index (χ0v) is 26.0. The Labute approximate surface area is 254 Å². The van der Waals surface area contributed by atoms with E-state index in [4.69, 9.17) is 14.2 Å². The summed E-state index contributed by atoms with van der Waals surface area (Å²) in [6.45, 7) is 3.31. The highest BCUT2D eigenvalue weighted by Gasteiger charge is 2.53. The number of nitrogens with zero attached hydrogens (tertiary/aromatic N) is 1. The number of hydrogen-bond donors (Lipinski definition) is 1. The van der Waals surface area contributed by atoms with Gasteiger partial charge in [-0.15, -0.1) is 0 Å². The fourth-order valence-corrected chi connectivity index (χ4v) is 7.64. The predicted molar refractivity (Wildman–Crippen MR) is 151 cm³/mol. The van der Waals surface area contributed by atoms with Crippen molar-refractivity contribution in [2.45, 2.75) is 69.4 Å². The van der Waals surface area contributed by atoms with E-state index >= 15 is 0 Å². The molecule has 0 amide bonds. The molecule has 0 spiro atoms. The van der Waals surface area contributed by atoms with Gasteiger partial charge in [0.15, 0.2) is 0 Å². The summed E-state index contributed by atoms with van der Waals surface area (Å²) in [6, 6.07) is 12.4. The Hall–Kier alpha value is -2.24. The first-order valence-corrected chi connectivity index (χ1v) is 15.4. The van der Waals surface area contributed by atoms with Crippen molar-refractivity contribution in [1.29, 1.82) is 0 Å². The Morgan fingerprint density at radius 1 is 1.05 bits per heavy atom. The number of carbonyl (C=O) groups is 2. The van der Waals surface area contributed by atoms with Gasteiger partial charge in [-0.2, -0.15) is 22.7 Å². The summed E-state index contributed by atoms with van der Waals surface area (Å²) in [6.07, 6.45) is 3.73. The van der Waals surface area contributed by atoms with Crippen LogP contribution in [-0.4, -0.2) is 60.0 Å². The van der Waals surface area contributed by atoms with Crippen LogP contribution in [0.4, 0.5) is 0 Å².